The smallest absolute Gasteiger partial charge is 0.128 e. The highest BCUT2D eigenvalue weighted by molar-refractivity contribution is 14.1. The Morgan fingerprint density at radius 1 is 0.741 bits per heavy atom. The molecule has 4 nitrogen and oxygen atoms in total. The van der Waals surface area contributed by atoms with Gasteiger partial charge in [-0.3, -0.25) is 0 Å². The molecule has 4 aromatic rings. The summed E-state index contributed by atoms with van der Waals surface area (Å²) in [6, 6.07) is 29.2. The zero-order chi connectivity index (χ0) is 18.6. The molecule has 0 spiro atoms. The van der Waals surface area contributed by atoms with Crippen LogP contribution in [0, 0.1) is 3.70 Å². The molecule has 1 N–H and O–H groups in total. The Labute approximate surface area is 171 Å². The minimum atomic E-state index is -0.743. The van der Waals surface area contributed by atoms with Crippen LogP contribution >= 0.6 is 22.6 Å². The molecule has 0 radical (unpaired) electrons. The van der Waals surface area contributed by atoms with Crippen molar-refractivity contribution in [2.75, 3.05) is 0 Å². The lowest BCUT2D eigenvalue weighted by molar-refractivity contribution is 0.123. The Balaban J connectivity index is 1.82. The fourth-order valence-corrected chi connectivity index (χ4v) is 3.99. The molecule has 0 amide bonds. The molecule has 27 heavy (non-hydrogen) atoms. The first-order valence-corrected chi connectivity index (χ1v) is 9.77. The standard InChI is InChI=1S/C22H18IN3O/c23-22-19(16-10-4-1-5-11-16)24-25-26(22)20(17-12-6-2-7-13-17)21(27)18-14-8-3-9-15-18/h1-15,20-21,27H/t20-,21+/m0/s1. The quantitative estimate of drug-likeness (QED) is 0.426. The lowest BCUT2D eigenvalue weighted by Gasteiger charge is -2.24. The zero-order valence-corrected chi connectivity index (χ0v) is 16.6. The molecule has 5 heteroatoms. The molecule has 134 valence electrons. The van der Waals surface area contributed by atoms with Crippen LogP contribution in [0.4, 0.5) is 0 Å². The summed E-state index contributed by atoms with van der Waals surface area (Å²) in [5.41, 5.74) is 3.65. The SMILES string of the molecule is O[C@H](c1ccccc1)[C@H](c1ccccc1)n1nnc(-c2ccccc2)c1I. The summed E-state index contributed by atoms with van der Waals surface area (Å²) in [6.07, 6.45) is -0.743. The molecule has 0 fully saturated rings. The molecular weight excluding hydrogens is 449 g/mol. The van der Waals surface area contributed by atoms with Gasteiger partial charge in [0.05, 0.1) is 0 Å². The number of aromatic nitrogens is 3. The second kappa shape index (κ2) is 8.02. The maximum absolute atomic E-state index is 11.2. The van der Waals surface area contributed by atoms with E-state index in [1.807, 2.05) is 95.7 Å². The minimum Gasteiger partial charge on any atom is -0.386 e. The summed E-state index contributed by atoms with van der Waals surface area (Å²) < 4.78 is 2.71. The lowest BCUT2D eigenvalue weighted by Crippen LogP contribution is -2.21. The van der Waals surface area contributed by atoms with Gasteiger partial charge in [-0.05, 0) is 33.7 Å². The Morgan fingerprint density at radius 2 is 1.26 bits per heavy atom. The first-order valence-electron chi connectivity index (χ1n) is 8.70. The molecule has 0 saturated heterocycles. The van der Waals surface area contributed by atoms with Crippen LogP contribution in [-0.4, -0.2) is 20.1 Å². The number of aliphatic hydroxyl groups excluding tert-OH is 1. The number of aliphatic hydroxyl groups is 1. The highest BCUT2D eigenvalue weighted by Crippen LogP contribution is 2.35. The van der Waals surface area contributed by atoms with E-state index < -0.39 is 6.10 Å². The summed E-state index contributed by atoms with van der Waals surface area (Å²) in [5, 5.41) is 20.0. The fraction of sp³-hybridized carbons (Fsp3) is 0.0909. The summed E-state index contributed by atoms with van der Waals surface area (Å²) >= 11 is 2.26. The Morgan fingerprint density at radius 3 is 1.85 bits per heavy atom. The molecule has 3 aromatic carbocycles. The molecule has 0 aliphatic rings. The highest BCUT2D eigenvalue weighted by Gasteiger charge is 2.28. The first kappa shape index (κ1) is 17.9. The number of hydrogen-bond acceptors (Lipinski definition) is 3. The maximum atomic E-state index is 11.2. The zero-order valence-electron chi connectivity index (χ0n) is 14.5. The molecule has 0 unspecified atom stereocenters. The van der Waals surface area contributed by atoms with Gasteiger partial charge < -0.3 is 5.11 Å². The molecule has 0 saturated carbocycles. The van der Waals surface area contributed by atoms with Gasteiger partial charge >= 0.3 is 0 Å². The van der Waals surface area contributed by atoms with E-state index in [1.54, 1.807) is 0 Å². The van der Waals surface area contributed by atoms with E-state index in [-0.39, 0.29) is 6.04 Å². The Bertz CT molecular complexity index is 1000. The number of rotatable bonds is 5. The normalized spacial score (nSPS) is 13.3. The molecule has 1 heterocycles. The van der Waals surface area contributed by atoms with E-state index >= 15 is 0 Å². The van der Waals surface area contributed by atoms with Gasteiger partial charge in [-0.25, -0.2) is 4.68 Å². The Kier molecular flexibility index (Phi) is 5.31. The van der Waals surface area contributed by atoms with Crippen molar-refractivity contribution < 1.29 is 5.11 Å². The molecule has 0 aliphatic heterocycles. The predicted molar refractivity (Wildman–Crippen MR) is 114 cm³/mol. The maximum Gasteiger partial charge on any atom is 0.128 e. The summed E-state index contributed by atoms with van der Waals surface area (Å²) in [5.74, 6) is 0. The largest absolute Gasteiger partial charge is 0.386 e. The van der Waals surface area contributed by atoms with E-state index in [1.165, 1.54) is 0 Å². The summed E-state index contributed by atoms with van der Waals surface area (Å²) in [4.78, 5) is 0. The Hall–Kier alpha value is -2.51. The van der Waals surface area contributed by atoms with Crippen LogP contribution in [0.25, 0.3) is 11.3 Å². The number of halogens is 1. The van der Waals surface area contributed by atoms with Gasteiger partial charge in [0.25, 0.3) is 0 Å². The molecule has 4 rings (SSSR count). The fourth-order valence-electron chi connectivity index (χ4n) is 3.17. The van der Waals surface area contributed by atoms with Gasteiger partial charge in [-0.2, -0.15) is 0 Å². The van der Waals surface area contributed by atoms with Crippen LogP contribution in [0.1, 0.15) is 23.3 Å². The van der Waals surface area contributed by atoms with Crippen LogP contribution in [-0.2, 0) is 0 Å². The van der Waals surface area contributed by atoms with Crippen molar-refractivity contribution in [3.8, 4) is 11.3 Å². The second-order valence-electron chi connectivity index (χ2n) is 6.25. The van der Waals surface area contributed by atoms with Crippen LogP contribution < -0.4 is 0 Å². The van der Waals surface area contributed by atoms with E-state index in [2.05, 4.69) is 32.9 Å². The third-order valence-corrected chi connectivity index (χ3v) is 5.53. The van der Waals surface area contributed by atoms with Crippen molar-refractivity contribution in [2.45, 2.75) is 12.1 Å². The van der Waals surface area contributed by atoms with Gasteiger partial charge in [0.2, 0.25) is 0 Å². The minimum absolute atomic E-state index is 0.370. The van der Waals surface area contributed by atoms with Crippen molar-refractivity contribution in [1.29, 1.82) is 0 Å². The molecule has 0 bridgehead atoms. The van der Waals surface area contributed by atoms with Crippen molar-refractivity contribution in [2.24, 2.45) is 0 Å². The van der Waals surface area contributed by atoms with E-state index in [0.29, 0.717) is 0 Å². The van der Waals surface area contributed by atoms with Gasteiger partial charge in [0.1, 0.15) is 21.5 Å². The van der Waals surface area contributed by atoms with E-state index in [0.717, 1.165) is 26.1 Å². The van der Waals surface area contributed by atoms with Crippen molar-refractivity contribution in [3.63, 3.8) is 0 Å². The first-order chi connectivity index (χ1) is 13.3. The summed E-state index contributed by atoms with van der Waals surface area (Å²) in [6.45, 7) is 0. The van der Waals surface area contributed by atoms with Gasteiger partial charge in [-0.15, -0.1) is 5.10 Å². The van der Waals surface area contributed by atoms with E-state index in [4.69, 9.17) is 0 Å². The monoisotopic (exact) mass is 467 g/mol. The van der Waals surface area contributed by atoms with Crippen LogP contribution in [0.2, 0.25) is 0 Å². The highest BCUT2D eigenvalue weighted by atomic mass is 127. The topological polar surface area (TPSA) is 50.9 Å². The lowest BCUT2D eigenvalue weighted by atomic mass is 9.96. The predicted octanol–water partition coefficient (Wildman–Crippen LogP) is 4.87. The molecule has 0 aliphatic carbocycles. The van der Waals surface area contributed by atoms with Gasteiger partial charge in [0.15, 0.2) is 0 Å². The van der Waals surface area contributed by atoms with Crippen molar-refractivity contribution in [1.82, 2.24) is 15.0 Å². The van der Waals surface area contributed by atoms with Crippen molar-refractivity contribution in [3.05, 3.63) is 106 Å². The van der Waals surface area contributed by atoms with Gasteiger partial charge in [0, 0.05) is 5.56 Å². The third kappa shape index (κ3) is 3.65. The third-order valence-electron chi connectivity index (χ3n) is 4.53. The second-order valence-corrected chi connectivity index (χ2v) is 7.27. The van der Waals surface area contributed by atoms with Crippen LogP contribution in [0.15, 0.2) is 91.0 Å². The summed E-state index contributed by atoms with van der Waals surface area (Å²) in [7, 11) is 0. The van der Waals surface area contributed by atoms with Crippen LogP contribution in [0.5, 0.6) is 0 Å². The number of hydrogen-bond donors (Lipinski definition) is 1. The average Bonchev–Trinajstić information content (AvgIpc) is 3.11. The average molecular weight is 467 g/mol. The molecule has 1 aromatic heterocycles. The number of benzene rings is 3. The van der Waals surface area contributed by atoms with Gasteiger partial charge in [-0.1, -0.05) is 96.2 Å². The molecular formula is C22H18IN3O. The van der Waals surface area contributed by atoms with Crippen LogP contribution in [0.3, 0.4) is 0 Å². The van der Waals surface area contributed by atoms with E-state index in [9.17, 15) is 5.11 Å². The molecule has 2 atom stereocenters. The van der Waals surface area contributed by atoms with Crippen molar-refractivity contribution >= 4 is 22.6 Å². The number of nitrogens with zero attached hydrogens (tertiary/aromatic N) is 3.